The molecule has 0 unspecified atom stereocenters. The molecule has 0 saturated carbocycles. The van der Waals surface area contributed by atoms with Gasteiger partial charge in [-0.2, -0.15) is 0 Å². The number of aryl methyl sites for hydroxylation is 1. The summed E-state index contributed by atoms with van der Waals surface area (Å²) in [7, 11) is 0. The minimum Gasteiger partial charge on any atom is -0.298 e. The van der Waals surface area contributed by atoms with Gasteiger partial charge < -0.3 is 0 Å². The summed E-state index contributed by atoms with van der Waals surface area (Å²) < 4.78 is 39.7. The fourth-order valence-electron chi connectivity index (χ4n) is 1.27. The summed E-state index contributed by atoms with van der Waals surface area (Å²) in [6, 6.07) is 0.917. The van der Waals surface area contributed by atoms with Crippen molar-refractivity contribution in [2.45, 2.75) is 6.92 Å². The molecule has 0 aliphatic heterocycles. The van der Waals surface area contributed by atoms with Crippen LogP contribution >= 0.6 is 11.3 Å². The monoisotopic (exact) mass is 258 g/mol. The summed E-state index contributed by atoms with van der Waals surface area (Å²) in [4.78, 5) is 10.5. The van der Waals surface area contributed by atoms with E-state index in [1.54, 1.807) is 6.92 Å². The smallest absolute Gasteiger partial charge is 0.195 e. The van der Waals surface area contributed by atoms with Crippen LogP contribution in [0.25, 0.3) is 10.6 Å². The van der Waals surface area contributed by atoms with Gasteiger partial charge in [0.1, 0.15) is 5.01 Å². The average molecular weight is 258 g/mol. The highest BCUT2D eigenvalue weighted by molar-refractivity contribution is 7.14. The van der Waals surface area contributed by atoms with Crippen LogP contribution < -0.4 is 0 Å². The maximum atomic E-state index is 13.5. The number of aromatic nitrogens is 2. The first kappa shape index (κ1) is 11.7. The Balaban J connectivity index is 2.70. The molecule has 0 spiro atoms. The zero-order valence-electron chi connectivity index (χ0n) is 8.50. The van der Waals surface area contributed by atoms with E-state index in [9.17, 15) is 18.0 Å². The number of nitrogens with zero attached hydrogens (tertiary/aromatic N) is 2. The Labute approximate surface area is 97.9 Å². The normalized spacial score (nSPS) is 10.6. The maximum Gasteiger partial charge on any atom is 0.195 e. The minimum atomic E-state index is -1.68. The molecule has 7 heteroatoms. The molecule has 0 aliphatic carbocycles. The molecule has 1 heterocycles. The zero-order chi connectivity index (χ0) is 12.6. The van der Waals surface area contributed by atoms with E-state index >= 15 is 0 Å². The first-order valence-corrected chi connectivity index (χ1v) is 5.29. The molecule has 0 N–H and O–H groups in total. The van der Waals surface area contributed by atoms with Crippen LogP contribution in [0.15, 0.2) is 6.07 Å². The second kappa shape index (κ2) is 4.25. The Kier molecular flexibility index (Phi) is 2.93. The number of hydrogen-bond donors (Lipinski definition) is 0. The lowest BCUT2D eigenvalue weighted by Gasteiger charge is -2.03. The van der Waals surface area contributed by atoms with E-state index in [1.807, 2.05) is 0 Å². The van der Waals surface area contributed by atoms with Crippen LogP contribution in [0.5, 0.6) is 0 Å². The van der Waals surface area contributed by atoms with Crippen molar-refractivity contribution in [3.05, 3.63) is 34.1 Å². The number of benzene rings is 1. The van der Waals surface area contributed by atoms with Crippen LogP contribution in [0.1, 0.15) is 15.4 Å². The summed E-state index contributed by atoms with van der Waals surface area (Å²) in [6.45, 7) is 1.64. The van der Waals surface area contributed by atoms with E-state index in [-0.39, 0.29) is 16.9 Å². The number of carbonyl (C=O) groups excluding carboxylic acids is 1. The second-order valence-corrected chi connectivity index (χ2v) is 4.38. The number of aldehydes is 1. The van der Waals surface area contributed by atoms with Crippen molar-refractivity contribution in [3.63, 3.8) is 0 Å². The lowest BCUT2D eigenvalue weighted by atomic mass is 10.1. The lowest BCUT2D eigenvalue weighted by molar-refractivity contribution is 0.111. The van der Waals surface area contributed by atoms with Gasteiger partial charge in [0.25, 0.3) is 0 Å². The minimum absolute atomic E-state index is 0.0991. The zero-order valence-corrected chi connectivity index (χ0v) is 9.32. The van der Waals surface area contributed by atoms with Crippen molar-refractivity contribution in [3.8, 4) is 10.6 Å². The summed E-state index contributed by atoms with van der Waals surface area (Å²) in [6.07, 6.45) is 0.120. The highest BCUT2D eigenvalue weighted by atomic mass is 32.1. The van der Waals surface area contributed by atoms with Crippen LogP contribution in [-0.4, -0.2) is 16.5 Å². The molecule has 1 aromatic heterocycles. The molecule has 0 radical (unpaired) electrons. The van der Waals surface area contributed by atoms with E-state index in [0.717, 1.165) is 17.4 Å². The van der Waals surface area contributed by atoms with Gasteiger partial charge in [-0.25, -0.2) is 13.2 Å². The molecule has 2 rings (SSSR count). The van der Waals surface area contributed by atoms with E-state index in [4.69, 9.17) is 0 Å². The fraction of sp³-hybridized carbons (Fsp3) is 0.100. The highest BCUT2D eigenvalue weighted by Crippen LogP contribution is 2.29. The van der Waals surface area contributed by atoms with E-state index < -0.39 is 23.0 Å². The predicted octanol–water partition coefficient (Wildman–Crippen LogP) is 2.74. The van der Waals surface area contributed by atoms with Crippen molar-refractivity contribution in [2.24, 2.45) is 0 Å². The molecule has 1 aromatic carbocycles. The van der Waals surface area contributed by atoms with Gasteiger partial charge in [-0.05, 0) is 13.0 Å². The number of hydrogen-bond acceptors (Lipinski definition) is 4. The molecule has 88 valence electrons. The quantitative estimate of drug-likeness (QED) is 0.614. The average Bonchev–Trinajstić information content (AvgIpc) is 2.73. The first-order chi connectivity index (χ1) is 8.04. The molecule has 3 nitrogen and oxygen atoms in total. The number of rotatable bonds is 2. The molecular weight excluding hydrogens is 253 g/mol. The number of carbonyl (C=O) groups is 1. The molecule has 0 amide bonds. The summed E-state index contributed by atoms with van der Waals surface area (Å²) in [5.41, 5.74) is -0.816. The molecule has 0 saturated heterocycles. The van der Waals surface area contributed by atoms with Gasteiger partial charge in [0.2, 0.25) is 0 Å². The van der Waals surface area contributed by atoms with Crippen molar-refractivity contribution >= 4 is 17.6 Å². The van der Waals surface area contributed by atoms with Gasteiger partial charge >= 0.3 is 0 Å². The van der Waals surface area contributed by atoms with Gasteiger partial charge in [-0.3, -0.25) is 4.79 Å². The molecule has 0 bridgehead atoms. The topological polar surface area (TPSA) is 42.9 Å². The third-order valence-electron chi connectivity index (χ3n) is 2.06. The predicted molar refractivity (Wildman–Crippen MR) is 55.3 cm³/mol. The van der Waals surface area contributed by atoms with Gasteiger partial charge in [0.15, 0.2) is 28.7 Å². The van der Waals surface area contributed by atoms with E-state index in [1.165, 1.54) is 0 Å². The highest BCUT2D eigenvalue weighted by Gasteiger charge is 2.21. The standard InChI is InChI=1S/C10H5F3N2OS/c1-4-14-15-10(17-4)6-2-5(3-16)7(11)9(13)8(6)12/h2-3H,1H3. The molecular formula is C10H5F3N2OS. The largest absolute Gasteiger partial charge is 0.298 e. The molecule has 17 heavy (non-hydrogen) atoms. The van der Waals surface area contributed by atoms with Crippen LogP contribution in [0, 0.1) is 24.4 Å². The molecule has 0 atom stereocenters. The Morgan fingerprint density at radius 2 is 1.88 bits per heavy atom. The van der Waals surface area contributed by atoms with E-state index in [2.05, 4.69) is 10.2 Å². The first-order valence-electron chi connectivity index (χ1n) is 4.47. The summed E-state index contributed by atoms with van der Waals surface area (Å²) >= 11 is 1.02. The molecule has 0 fully saturated rings. The molecule has 0 aliphatic rings. The summed E-state index contributed by atoms with van der Waals surface area (Å²) in [5, 5.41) is 7.91. The Morgan fingerprint density at radius 1 is 1.18 bits per heavy atom. The Bertz CT molecular complexity index is 597. The van der Waals surface area contributed by atoms with Crippen LogP contribution in [-0.2, 0) is 0 Å². The Morgan fingerprint density at radius 3 is 2.41 bits per heavy atom. The van der Waals surface area contributed by atoms with Crippen LogP contribution in [0.2, 0.25) is 0 Å². The van der Waals surface area contributed by atoms with Crippen molar-refractivity contribution < 1.29 is 18.0 Å². The van der Waals surface area contributed by atoms with Gasteiger partial charge in [-0.15, -0.1) is 10.2 Å². The lowest BCUT2D eigenvalue weighted by Crippen LogP contribution is -1.99. The van der Waals surface area contributed by atoms with Gasteiger partial charge in [-0.1, -0.05) is 11.3 Å². The fourth-order valence-corrected chi connectivity index (χ4v) is 1.97. The number of halogens is 3. The van der Waals surface area contributed by atoms with Crippen molar-refractivity contribution in [1.29, 1.82) is 0 Å². The second-order valence-electron chi connectivity index (χ2n) is 3.20. The third-order valence-corrected chi connectivity index (χ3v) is 2.93. The van der Waals surface area contributed by atoms with Gasteiger partial charge in [0.05, 0.1) is 11.1 Å². The van der Waals surface area contributed by atoms with Gasteiger partial charge in [0, 0.05) is 0 Å². The summed E-state index contributed by atoms with van der Waals surface area (Å²) in [5.74, 6) is -4.55. The van der Waals surface area contributed by atoms with Crippen molar-refractivity contribution in [2.75, 3.05) is 0 Å². The Hall–Kier alpha value is -1.76. The van der Waals surface area contributed by atoms with Crippen LogP contribution in [0.4, 0.5) is 13.2 Å². The third kappa shape index (κ3) is 1.93. The SMILES string of the molecule is Cc1nnc(-c2cc(C=O)c(F)c(F)c2F)s1. The van der Waals surface area contributed by atoms with Crippen molar-refractivity contribution in [1.82, 2.24) is 10.2 Å². The molecule has 2 aromatic rings. The van der Waals surface area contributed by atoms with Crippen LogP contribution in [0.3, 0.4) is 0 Å². The maximum absolute atomic E-state index is 13.5. The van der Waals surface area contributed by atoms with E-state index in [0.29, 0.717) is 5.01 Å².